The summed E-state index contributed by atoms with van der Waals surface area (Å²) in [6.07, 6.45) is 0.145. The van der Waals surface area contributed by atoms with Crippen molar-refractivity contribution in [3.63, 3.8) is 0 Å². The van der Waals surface area contributed by atoms with E-state index in [2.05, 4.69) is 0 Å². The van der Waals surface area contributed by atoms with Gasteiger partial charge in [-0.2, -0.15) is 0 Å². The van der Waals surface area contributed by atoms with Gasteiger partial charge in [0.15, 0.2) is 0 Å². The molecule has 1 atom stereocenters. The Bertz CT molecular complexity index is 534. The molecule has 18 heavy (non-hydrogen) atoms. The highest BCUT2D eigenvalue weighted by atomic mass is 35.5. The fraction of sp³-hybridized carbons (Fsp3) is 0.250. The predicted octanol–water partition coefficient (Wildman–Crippen LogP) is 4.23. The zero-order valence-corrected chi connectivity index (χ0v) is 11.4. The van der Waals surface area contributed by atoms with Crippen molar-refractivity contribution in [1.82, 2.24) is 0 Å². The lowest BCUT2D eigenvalue weighted by Crippen LogP contribution is -2.04. The second-order valence-electron chi connectivity index (χ2n) is 4.66. The molecule has 1 unspecified atom stereocenters. The molecule has 2 heteroatoms. The highest BCUT2D eigenvalue weighted by Crippen LogP contribution is 2.27. The van der Waals surface area contributed by atoms with E-state index in [4.69, 9.17) is 11.6 Å². The van der Waals surface area contributed by atoms with E-state index in [1.807, 2.05) is 56.3 Å². The van der Waals surface area contributed by atoms with E-state index < -0.39 is 6.10 Å². The summed E-state index contributed by atoms with van der Waals surface area (Å²) in [6.45, 7) is 3.94. The fourth-order valence-corrected chi connectivity index (χ4v) is 2.33. The number of hydrogen-bond acceptors (Lipinski definition) is 1. The van der Waals surface area contributed by atoms with Crippen LogP contribution in [0.1, 0.15) is 28.4 Å². The van der Waals surface area contributed by atoms with E-state index in [0.29, 0.717) is 6.42 Å². The van der Waals surface area contributed by atoms with Crippen molar-refractivity contribution in [2.75, 3.05) is 0 Å². The number of aliphatic hydroxyl groups is 1. The first kappa shape index (κ1) is 13.1. The number of aliphatic hydroxyl groups excluding tert-OH is 1. The number of hydrogen-bond donors (Lipinski definition) is 1. The molecule has 0 aliphatic carbocycles. The van der Waals surface area contributed by atoms with E-state index in [1.54, 1.807) is 0 Å². The van der Waals surface area contributed by atoms with Crippen LogP contribution in [0.4, 0.5) is 0 Å². The van der Waals surface area contributed by atoms with E-state index in [1.165, 1.54) is 0 Å². The highest BCUT2D eigenvalue weighted by molar-refractivity contribution is 6.31. The van der Waals surface area contributed by atoms with Gasteiger partial charge in [-0.25, -0.2) is 0 Å². The first-order valence-corrected chi connectivity index (χ1v) is 6.44. The molecule has 0 heterocycles. The number of aryl methyl sites for hydroxylation is 2. The Labute approximate surface area is 113 Å². The van der Waals surface area contributed by atoms with Crippen LogP contribution < -0.4 is 0 Å². The van der Waals surface area contributed by atoms with Crippen LogP contribution in [0.25, 0.3) is 0 Å². The van der Waals surface area contributed by atoms with Crippen molar-refractivity contribution < 1.29 is 5.11 Å². The first-order valence-electron chi connectivity index (χ1n) is 6.06. The maximum atomic E-state index is 10.3. The Morgan fingerprint density at radius 1 is 1.06 bits per heavy atom. The standard InChI is InChI=1S/C16H17ClO/c1-11-9-15(17)12(2)8-14(11)16(18)10-13-6-4-3-5-7-13/h3-9,16,18H,10H2,1-2H3. The lowest BCUT2D eigenvalue weighted by molar-refractivity contribution is 0.177. The third-order valence-electron chi connectivity index (χ3n) is 3.18. The van der Waals surface area contributed by atoms with Crippen LogP contribution in [-0.2, 0) is 6.42 Å². The van der Waals surface area contributed by atoms with Gasteiger partial charge in [-0.3, -0.25) is 0 Å². The molecule has 1 N–H and O–H groups in total. The molecular weight excluding hydrogens is 244 g/mol. The van der Waals surface area contributed by atoms with Crippen molar-refractivity contribution in [2.45, 2.75) is 26.4 Å². The summed E-state index contributed by atoms with van der Waals surface area (Å²) in [4.78, 5) is 0. The van der Waals surface area contributed by atoms with Gasteiger partial charge in [0, 0.05) is 11.4 Å². The lowest BCUT2D eigenvalue weighted by Gasteiger charge is -2.15. The van der Waals surface area contributed by atoms with Crippen molar-refractivity contribution in [1.29, 1.82) is 0 Å². The molecule has 0 spiro atoms. The van der Waals surface area contributed by atoms with Gasteiger partial charge in [0.25, 0.3) is 0 Å². The summed E-state index contributed by atoms with van der Waals surface area (Å²) in [6, 6.07) is 13.9. The van der Waals surface area contributed by atoms with Gasteiger partial charge in [-0.15, -0.1) is 0 Å². The zero-order valence-electron chi connectivity index (χ0n) is 10.7. The predicted molar refractivity (Wildman–Crippen MR) is 76.0 cm³/mol. The van der Waals surface area contributed by atoms with Gasteiger partial charge >= 0.3 is 0 Å². The van der Waals surface area contributed by atoms with Gasteiger partial charge < -0.3 is 5.11 Å². The lowest BCUT2D eigenvalue weighted by atomic mass is 9.96. The molecule has 0 aliphatic rings. The maximum absolute atomic E-state index is 10.3. The molecule has 0 saturated carbocycles. The quantitative estimate of drug-likeness (QED) is 0.876. The van der Waals surface area contributed by atoms with E-state index in [-0.39, 0.29) is 0 Å². The number of rotatable bonds is 3. The zero-order chi connectivity index (χ0) is 13.1. The minimum absolute atomic E-state index is 0.483. The van der Waals surface area contributed by atoms with Gasteiger partial charge in [0.2, 0.25) is 0 Å². The average Bonchev–Trinajstić information content (AvgIpc) is 2.35. The monoisotopic (exact) mass is 260 g/mol. The Kier molecular flexibility index (Phi) is 4.05. The number of benzene rings is 2. The Morgan fingerprint density at radius 2 is 1.72 bits per heavy atom. The molecule has 0 fully saturated rings. The molecule has 0 aromatic heterocycles. The summed E-state index contributed by atoms with van der Waals surface area (Å²) >= 11 is 6.07. The summed E-state index contributed by atoms with van der Waals surface area (Å²) in [5.41, 5.74) is 4.14. The first-order chi connectivity index (χ1) is 8.58. The summed E-state index contributed by atoms with van der Waals surface area (Å²) in [7, 11) is 0. The largest absolute Gasteiger partial charge is 0.388 e. The topological polar surface area (TPSA) is 20.2 Å². The molecule has 2 aromatic rings. The second kappa shape index (κ2) is 5.55. The molecule has 0 amide bonds. The van der Waals surface area contributed by atoms with Crippen molar-refractivity contribution in [2.24, 2.45) is 0 Å². The van der Waals surface area contributed by atoms with Crippen LogP contribution in [-0.4, -0.2) is 5.11 Å². The van der Waals surface area contributed by atoms with Gasteiger partial charge in [-0.05, 0) is 42.2 Å². The maximum Gasteiger partial charge on any atom is 0.0833 e. The summed E-state index contributed by atoms with van der Waals surface area (Å²) in [5.74, 6) is 0. The highest BCUT2D eigenvalue weighted by Gasteiger charge is 2.12. The van der Waals surface area contributed by atoms with Crippen molar-refractivity contribution >= 4 is 11.6 Å². The molecular formula is C16H17ClO. The van der Waals surface area contributed by atoms with Crippen LogP contribution in [0.2, 0.25) is 5.02 Å². The number of halogens is 1. The smallest absolute Gasteiger partial charge is 0.0833 e. The summed E-state index contributed by atoms with van der Waals surface area (Å²) in [5, 5.41) is 11.1. The fourth-order valence-electron chi connectivity index (χ4n) is 2.11. The minimum Gasteiger partial charge on any atom is -0.388 e. The van der Waals surface area contributed by atoms with E-state index in [0.717, 1.165) is 27.3 Å². The average molecular weight is 261 g/mol. The molecule has 2 rings (SSSR count). The minimum atomic E-state index is -0.483. The molecule has 0 aliphatic heterocycles. The Morgan fingerprint density at radius 3 is 2.39 bits per heavy atom. The Balaban J connectivity index is 2.24. The molecule has 2 aromatic carbocycles. The van der Waals surface area contributed by atoms with E-state index in [9.17, 15) is 5.11 Å². The molecule has 1 nitrogen and oxygen atoms in total. The normalized spacial score (nSPS) is 12.4. The van der Waals surface area contributed by atoms with E-state index >= 15 is 0 Å². The van der Waals surface area contributed by atoms with Crippen molar-refractivity contribution in [3.8, 4) is 0 Å². The third-order valence-corrected chi connectivity index (χ3v) is 3.59. The van der Waals surface area contributed by atoms with Crippen LogP contribution in [0.5, 0.6) is 0 Å². The molecule has 0 radical (unpaired) electrons. The molecule has 0 bridgehead atoms. The molecule has 0 saturated heterocycles. The van der Waals surface area contributed by atoms with Crippen molar-refractivity contribution in [3.05, 3.63) is 69.7 Å². The SMILES string of the molecule is Cc1cc(C(O)Cc2ccccc2)c(C)cc1Cl. The van der Waals surface area contributed by atoms with Gasteiger partial charge in [0.05, 0.1) is 6.10 Å². The van der Waals surface area contributed by atoms with Gasteiger partial charge in [0.1, 0.15) is 0 Å². The van der Waals surface area contributed by atoms with Gasteiger partial charge in [-0.1, -0.05) is 48.0 Å². The second-order valence-corrected chi connectivity index (χ2v) is 5.07. The van der Waals surface area contributed by atoms with Crippen LogP contribution in [0.3, 0.4) is 0 Å². The van der Waals surface area contributed by atoms with Crippen LogP contribution >= 0.6 is 11.6 Å². The van der Waals surface area contributed by atoms with Crippen LogP contribution in [0.15, 0.2) is 42.5 Å². The van der Waals surface area contributed by atoms with Crippen LogP contribution in [0, 0.1) is 13.8 Å². The molecule has 94 valence electrons. The summed E-state index contributed by atoms with van der Waals surface area (Å²) < 4.78 is 0. The third kappa shape index (κ3) is 2.92. The Hall–Kier alpha value is -1.31.